The second kappa shape index (κ2) is 5.82. The van der Waals surface area contributed by atoms with Crippen LogP contribution in [0.15, 0.2) is 29.9 Å². The normalized spacial score (nSPS) is 19.1. The SMILES string of the molecule is CC(C)(C)c1csc(C2CN(c3ccc4nccn4n3)CCO2)n1. The van der Waals surface area contributed by atoms with Gasteiger partial charge in [-0.15, -0.1) is 16.4 Å². The second-order valence-corrected chi connectivity index (χ2v) is 7.94. The molecule has 4 heterocycles. The highest BCUT2D eigenvalue weighted by atomic mass is 32.1. The number of hydrogen-bond acceptors (Lipinski definition) is 6. The van der Waals surface area contributed by atoms with Crippen LogP contribution in [0.25, 0.3) is 5.65 Å². The monoisotopic (exact) mass is 343 g/mol. The van der Waals surface area contributed by atoms with Crippen molar-refractivity contribution in [1.82, 2.24) is 19.6 Å². The van der Waals surface area contributed by atoms with Crippen LogP contribution in [-0.2, 0) is 10.2 Å². The van der Waals surface area contributed by atoms with E-state index in [-0.39, 0.29) is 11.5 Å². The molecule has 0 N–H and O–H groups in total. The van der Waals surface area contributed by atoms with E-state index in [1.54, 1.807) is 22.0 Å². The van der Waals surface area contributed by atoms with Crippen LogP contribution >= 0.6 is 11.3 Å². The smallest absolute Gasteiger partial charge is 0.153 e. The Morgan fingerprint density at radius 1 is 1.29 bits per heavy atom. The van der Waals surface area contributed by atoms with Crippen LogP contribution in [0.3, 0.4) is 0 Å². The molecule has 3 aromatic rings. The van der Waals surface area contributed by atoms with Crippen LogP contribution in [0.2, 0.25) is 0 Å². The molecule has 1 aliphatic rings. The highest BCUT2D eigenvalue weighted by Gasteiger charge is 2.27. The fourth-order valence-corrected chi connectivity index (χ4v) is 3.84. The summed E-state index contributed by atoms with van der Waals surface area (Å²) >= 11 is 1.69. The summed E-state index contributed by atoms with van der Waals surface area (Å²) < 4.78 is 7.78. The van der Waals surface area contributed by atoms with Crippen molar-refractivity contribution in [1.29, 1.82) is 0 Å². The van der Waals surface area contributed by atoms with Gasteiger partial charge in [-0.1, -0.05) is 20.8 Å². The number of nitrogens with zero attached hydrogens (tertiary/aromatic N) is 5. The first-order chi connectivity index (χ1) is 11.5. The van der Waals surface area contributed by atoms with Gasteiger partial charge in [-0.05, 0) is 12.1 Å². The highest BCUT2D eigenvalue weighted by Crippen LogP contribution is 2.31. The van der Waals surface area contributed by atoms with Crippen LogP contribution in [-0.4, -0.2) is 39.3 Å². The molecule has 0 aliphatic carbocycles. The van der Waals surface area contributed by atoms with Crippen LogP contribution in [0.1, 0.15) is 37.6 Å². The molecule has 0 bridgehead atoms. The van der Waals surface area contributed by atoms with Crippen molar-refractivity contribution in [2.45, 2.75) is 32.3 Å². The van der Waals surface area contributed by atoms with Crippen molar-refractivity contribution in [2.75, 3.05) is 24.6 Å². The summed E-state index contributed by atoms with van der Waals surface area (Å²) in [7, 11) is 0. The van der Waals surface area contributed by atoms with Crippen LogP contribution in [0, 0.1) is 0 Å². The Bertz CT molecular complexity index is 850. The van der Waals surface area contributed by atoms with Gasteiger partial charge in [0, 0.05) is 29.7 Å². The molecule has 0 spiro atoms. The first-order valence-electron chi connectivity index (χ1n) is 8.13. The molecule has 1 unspecified atom stereocenters. The number of hydrogen-bond donors (Lipinski definition) is 0. The quantitative estimate of drug-likeness (QED) is 0.716. The van der Waals surface area contributed by atoms with Gasteiger partial charge in [0.05, 0.1) is 18.8 Å². The lowest BCUT2D eigenvalue weighted by Crippen LogP contribution is -2.39. The number of rotatable bonds is 2. The summed E-state index contributed by atoms with van der Waals surface area (Å²) in [5.41, 5.74) is 2.05. The van der Waals surface area contributed by atoms with Gasteiger partial charge in [-0.3, -0.25) is 0 Å². The van der Waals surface area contributed by atoms with E-state index in [1.807, 2.05) is 18.3 Å². The molecule has 24 heavy (non-hydrogen) atoms. The number of fused-ring (bicyclic) bond motifs is 1. The van der Waals surface area contributed by atoms with Crippen molar-refractivity contribution in [2.24, 2.45) is 0 Å². The van der Waals surface area contributed by atoms with E-state index in [1.165, 1.54) is 0 Å². The molecule has 4 rings (SSSR count). The molecule has 126 valence electrons. The molecular weight excluding hydrogens is 322 g/mol. The van der Waals surface area contributed by atoms with Gasteiger partial charge in [0.15, 0.2) is 5.65 Å². The van der Waals surface area contributed by atoms with E-state index in [0.29, 0.717) is 6.61 Å². The first kappa shape index (κ1) is 15.5. The summed E-state index contributed by atoms with van der Waals surface area (Å²) in [6, 6.07) is 4.01. The standard InChI is InChI=1S/C17H21N5OS/c1-17(2,3)13-11-24-16(19-13)12-10-21(8-9-23-12)15-5-4-14-18-6-7-22(14)20-15/h4-7,11-12H,8-10H2,1-3H3. The molecule has 0 saturated carbocycles. The second-order valence-electron chi connectivity index (χ2n) is 7.05. The number of anilines is 1. The third-order valence-corrected chi connectivity index (χ3v) is 5.13. The van der Waals surface area contributed by atoms with Crippen molar-refractivity contribution in [3.05, 3.63) is 40.6 Å². The Kier molecular flexibility index (Phi) is 3.77. The first-order valence-corrected chi connectivity index (χ1v) is 9.01. The number of aromatic nitrogens is 4. The zero-order valence-electron chi connectivity index (χ0n) is 14.1. The topological polar surface area (TPSA) is 55.6 Å². The zero-order chi connectivity index (χ0) is 16.7. The summed E-state index contributed by atoms with van der Waals surface area (Å²) in [6.45, 7) is 8.84. The lowest BCUT2D eigenvalue weighted by Gasteiger charge is -2.32. The minimum atomic E-state index is 0.000124. The maximum atomic E-state index is 5.97. The molecule has 1 aliphatic heterocycles. The van der Waals surface area contributed by atoms with E-state index in [4.69, 9.17) is 9.72 Å². The van der Waals surface area contributed by atoms with Gasteiger partial charge < -0.3 is 9.64 Å². The van der Waals surface area contributed by atoms with Crippen molar-refractivity contribution < 1.29 is 4.74 Å². The van der Waals surface area contributed by atoms with Gasteiger partial charge in [0.1, 0.15) is 16.9 Å². The molecule has 1 fully saturated rings. The van der Waals surface area contributed by atoms with Gasteiger partial charge >= 0.3 is 0 Å². The lowest BCUT2D eigenvalue weighted by atomic mass is 9.93. The number of imidazole rings is 1. The molecule has 0 amide bonds. The average Bonchev–Trinajstić information content (AvgIpc) is 3.23. The maximum absolute atomic E-state index is 5.97. The third-order valence-electron chi connectivity index (χ3n) is 4.20. The molecule has 1 atom stereocenters. The van der Waals surface area contributed by atoms with Gasteiger partial charge in [-0.25, -0.2) is 14.5 Å². The van der Waals surface area contributed by atoms with Crippen LogP contribution in [0.4, 0.5) is 5.82 Å². The van der Waals surface area contributed by atoms with Crippen molar-refractivity contribution in [3.63, 3.8) is 0 Å². The summed E-state index contributed by atoms with van der Waals surface area (Å²) in [6.07, 6.45) is 3.63. The van der Waals surface area contributed by atoms with E-state index < -0.39 is 0 Å². The van der Waals surface area contributed by atoms with Crippen LogP contribution < -0.4 is 4.90 Å². The molecule has 3 aromatic heterocycles. The van der Waals surface area contributed by atoms with Crippen molar-refractivity contribution in [3.8, 4) is 0 Å². The van der Waals surface area contributed by atoms with E-state index >= 15 is 0 Å². The Morgan fingerprint density at radius 3 is 2.96 bits per heavy atom. The van der Waals surface area contributed by atoms with Gasteiger partial charge in [0.2, 0.25) is 0 Å². The molecule has 6 nitrogen and oxygen atoms in total. The Balaban J connectivity index is 1.56. The predicted molar refractivity (Wildman–Crippen MR) is 94.7 cm³/mol. The Morgan fingerprint density at radius 2 is 2.17 bits per heavy atom. The number of thiazole rings is 1. The maximum Gasteiger partial charge on any atom is 0.153 e. The highest BCUT2D eigenvalue weighted by molar-refractivity contribution is 7.09. The molecular formula is C17H21N5OS. The molecule has 0 radical (unpaired) electrons. The zero-order valence-corrected chi connectivity index (χ0v) is 15.0. The van der Waals surface area contributed by atoms with E-state index in [0.717, 1.165) is 35.3 Å². The predicted octanol–water partition coefficient (Wildman–Crippen LogP) is 3.06. The fraction of sp³-hybridized carbons (Fsp3) is 0.471. The molecule has 0 aromatic carbocycles. The number of morpholine rings is 1. The van der Waals surface area contributed by atoms with Gasteiger partial charge in [0.25, 0.3) is 0 Å². The summed E-state index contributed by atoms with van der Waals surface area (Å²) in [5, 5.41) is 7.83. The number of ether oxygens (including phenoxy) is 1. The molecule has 7 heteroatoms. The minimum absolute atomic E-state index is 0.000124. The lowest BCUT2D eigenvalue weighted by molar-refractivity contribution is 0.0391. The Labute approximate surface area is 145 Å². The fourth-order valence-electron chi connectivity index (χ4n) is 2.76. The largest absolute Gasteiger partial charge is 0.367 e. The van der Waals surface area contributed by atoms with E-state index in [2.05, 4.69) is 41.1 Å². The van der Waals surface area contributed by atoms with E-state index in [9.17, 15) is 0 Å². The summed E-state index contributed by atoms with van der Waals surface area (Å²) in [4.78, 5) is 11.3. The Hall–Kier alpha value is -1.99. The summed E-state index contributed by atoms with van der Waals surface area (Å²) in [5.74, 6) is 0.946. The van der Waals surface area contributed by atoms with Gasteiger partial charge in [-0.2, -0.15) is 0 Å². The van der Waals surface area contributed by atoms with Crippen LogP contribution in [0.5, 0.6) is 0 Å². The minimum Gasteiger partial charge on any atom is -0.367 e. The third kappa shape index (κ3) is 2.89. The molecule has 1 saturated heterocycles. The average molecular weight is 343 g/mol. The van der Waals surface area contributed by atoms with Crippen molar-refractivity contribution >= 4 is 22.8 Å².